The maximum atomic E-state index is 12.3. The molecular formula is C16H20N6O4. The molecule has 0 fully saturated rings. The van der Waals surface area contributed by atoms with Crippen molar-refractivity contribution in [1.29, 1.82) is 0 Å². The van der Waals surface area contributed by atoms with Crippen LogP contribution in [0.15, 0.2) is 30.9 Å². The zero-order chi connectivity index (χ0) is 19.3. The lowest BCUT2D eigenvalue weighted by molar-refractivity contribution is -0.384. The van der Waals surface area contributed by atoms with Crippen LogP contribution in [0.4, 0.5) is 5.69 Å². The van der Waals surface area contributed by atoms with E-state index in [4.69, 9.17) is 0 Å². The minimum absolute atomic E-state index is 0.00935. The molecule has 0 saturated heterocycles. The summed E-state index contributed by atoms with van der Waals surface area (Å²) in [5, 5.41) is 20.5. The van der Waals surface area contributed by atoms with Crippen molar-refractivity contribution in [2.24, 2.45) is 0 Å². The first-order valence-electron chi connectivity index (χ1n) is 8.08. The molecule has 0 aliphatic heterocycles. The lowest BCUT2D eigenvalue weighted by Crippen LogP contribution is -2.47. The summed E-state index contributed by atoms with van der Waals surface area (Å²) in [5.74, 6) is -0.897. The minimum Gasteiger partial charge on any atom is -0.352 e. The summed E-state index contributed by atoms with van der Waals surface area (Å²) in [6, 6.07) is 3.20. The van der Waals surface area contributed by atoms with Gasteiger partial charge in [-0.1, -0.05) is 6.92 Å². The molecule has 2 amide bonds. The van der Waals surface area contributed by atoms with Gasteiger partial charge in [-0.3, -0.25) is 19.7 Å². The SMILES string of the molecule is CCC(C)NC(=O)C(C)NC(=O)c1ccc(-n2cncn2)c([N+](=O)[O-])c1. The standard InChI is InChI=1S/C16H20N6O4/c1-4-10(2)19-15(23)11(3)20-16(24)12-5-6-13(14(7-12)22(25)26)21-9-17-8-18-21/h5-11H,4H2,1-3H3,(H,19,23)(H,20,24). The number of aromatic nitrogens is 3. The summed E-state index contributed by atoms with van der Waals surface area (Å²) in [6.45, 7) is 5.34. The van der Waals surface area contributed by atoms with Crippen LogP contribution in [-0.2, 0) is 4.79 Å². The second-order valence-corrected chi connectivity index (χ2v) is 5.81. The fourth-order valence-electron chi connectivity index (χ4n) is 2.15. The van der Waals surface area contributed by atoms with E-state index >= 15 is 0 Å². The number of nitro groups is 1. The molecule has 1 aromatic heterocycles. The maximum absolute atomic E-state index is 12.3. The molecule has 2 aromatic rings. The highest BCUT2D eigenvalue weighted by Crippen LogP contribution is 2.23. The molecule has 0 aliphatic carbocycles. The van der Waals surface area contributed by atoms with Gasteiger partial charge < -0.3 is 10.6 Å². The Balaban J connectivity index is 2.18. The third kappa shape index (κ3) is 4.41. The maximum Gasteiger partial charge on any atom is 0.295 e. The molecule has 2 N–H and O–H groups in total. The van der Waals surface area contributed by atoms with Gasteiger partial charge in [0.25, 0.3) is 11.6 Å². The Hall–Kier alpha value is -3.30. The van der Waals surface area contributed by atoms with Crippen LogP contribution in [-0.4, -0.2) is 43.6 Å². The van der Waals surface area contributed by atoms with Crippen LogP contribution < -0.4 is 10.6 Å². The predicted octanol–water partition coefficient (Wildman–Crippen LogP) is 1.21. The van der Waals surface area contributed by atoms with Crippen molar-refractivity contribution in [2.45, 2.75) is 39.3 Å². The molecular weight excluding hydrogens is 340 g/mol. The molecule has 0 spiro atoms. The molecule has 0 aliphatic rings. The Morgan fingerprint density at radius 2 is 2.04 bits per heavy atom. The first-order chi connectivity index (χ1) is 12.3. The van der Waals surface area contributed by atoms with Crippen molar-refractivity contribution in [3.8, 4) is 5.69 Å². The first-order valence-corrected chi connectivity index (χ1v) is 8.08. The average Bonchev–Trinajstić information content (AvgIpc) is 3.15. The molecule has 2 rings (SSSR count). The van der Waals surface area contributed by atoms with E-state index in [9.17, 15) is 19.7 Å². The largest absolute Gasteiger partial charge is 0.352 e. The van der Waals surface area contributed by atoms with Crippen molar-refractivity contribution in [3.63, 3.8) is 0 Å². The summed E-state index contributed by atoms with van der Waals surface area (Å²) in [4.78, 5) is 38.8. The van der Waals surface area contributed by atoms with Gasteiger partial charge in [-0.2, -0.15) is 5.10 Å². The normalized spacial score (nSPS) is 12.9. The molecule has 1 aromatic carbocycles. The number of rotatable bonds is 7. The molecule has 10 heteroatoms. The number of hydrogen-bond donors (Lipinski definition) is 2. The third-order valence-corrected chi connectivity index (χ3v) is 3.84. The Bertz CT molecular complexity index is 805. The summed E-state index contributed by atoms with van der Waals surface area (Å²) in [7, 11) is 0. The molecule has 1 heterocycles. The molecule has 2 unspecified atom stereocenters. The predicted molar refractivity (Wildman–Crippen MR) is 92.8 cm³/mol. The van der Waals surface area contributed by atoms with Gasteiger partial charge in [0.15, 0.2) is 0 Å². The van der Waals surface area contributed by atoms with Crippen LogP contribution in [0, 0.1) is 10.1 Å². The van der Waals surface area contributed by atoms with E-state index < -0.39 is 16.9 Å². The smallest absolute Gasteiger partial charge is 0.295 e. The van der Waals surface area contributed by atoms with E-state index in [1.807, 2.05) is 13.8 Å². The van der Waals surface area contributed by atoms with Gasteiger partial charge in [0, 0.05) is 17.7 Å². The molecule has 0 bridgehead atoms. The number of benzene rings is 1. The van der Waals surface area contributed by atoms with E-state index in [1.54, 1.807) is 6.92 Å². The fourth-order valence-corrected chi connectivity index (χ4v) is 2.15. The molecule has 2 atom stereocenters. The van der Waals surface area contributed by atoms with Gasteiger partial charge in [0.05, 0.1) is 4.92 Å². The van der Waals surface area contributed by atoms with Crippen LogP contribution in [0.3, 0.4) is 0 Å². The van der Waals surface area contributed by atoms with Crippen molar-refractivity contribution >= 4 is 17.5 Å². The van der Waals surface area contributed by atoms with Crippen LogP contribution in [0.2, 0.25) is 0 Å². The molecule has 10 nitrogen and oxygen atoms in total. The van der Waals surface area contributed by atoms with E-state index in [0.29, 0.717) is 0 Å². The van der Waals surface area contributed by atoms with E-state index in [2.05, 4.69) is 20.7 Å². The second-order valence-electron chi connectivity index (χ2n) is 5.81. The summed E-state index contributed by atoms with van der Waals surface area (Å²) >= 11 is 0. The van der Waals surface area contributed by atoms with E-state index in [1.165, 1.54) is 29.5 Å². The zero-order valence-corrected chi connectivity index (χ0v) is 14.7. The number of nitrogens with one attached hydrogen (secondary N) is 2. The zero-order valence-electron chi connectivity index (χ0n) is 14.7. The first kappa shape index (κ1) is 19.0. The Morgan fingerprint density at radius 1 is 1.31 bits per heavy atom. The van der Waals surface area contributed by atoms with E-state index in [0.717, 1.165) is 12.5 Å². The van der Waals surface area contributed by atoms with Crippen LogP contribution in [0.5, 0.6) is 0 Å². The second kappa shape index (κ2) is 8.19. The number of amides is 2. The third-order valence-electron chi connectivity index (χ3n) is 3.84. The van der Waals surface area contributed by atoms with Crippen molar-refractivity contribution in [2.75, 3.05) is 0 Å². The quantitative estimate of drug-likeness (QED) is 0.563. The Labute approximate surface area is 149 Å². The van der Waals surface area contributed by atoms with E-state index in [-0.39, 0.29) is 28.9 Å². The number of carbonyl (C=O) groups is 2. The Morgan fingerprint density at radius 3 is 2.62 bits per heavy atom. The monoisotopic (exact) mass is 360 g/mol. The van der Waals surface area contributed by atoms with Gasteiger partial charge in [-0.05, 0) is 32.4 Å². The molecule has 26 heavy (non-hydrogen) atoms. The van der Waals surface area contributed by atoms with Gasteiger partial charge in [0.1, 0.15) is 24.4 Å². The number of carbonyl (C=O) groups excluding carboxylic acids is 2. The number of nitrogens with zero attached hydrogens (tertiary/aromatic N) is 4. The molecule has 0 saturated carbocycles. The van der Waals surface area contributed by atoms with Crippen molar-refractivity contribution < 1.29 is 14.5 Å². The van der Waals surface area contributed by atoms with Crippen LogP contribution in [0.25, 0.3) is 5.69 Å². The number of nitro benzene ring substituents is 1. The minimum atomic E-state index is -0.773. The van der Waals surface area contributed by atoms with Gasteiger partial charge in [-0.25, -0.2) is 9.67 Å². The average molecular weight is 360 g/mol. The fraction of sp³-hybridized carbons (Fsp3) is 0.375. The van der Waals surface area contributed by atoms with Gasteiger partial charge in [0.2, 0.25) is 5.91 Å². The summed E-state index contributed by atoms with van der Waals surface area (Å²) in [6.07, 6.45) is 3.34. The highest BCUT2D eigenvalue weighted by Gasteiger charge is 2.22. The summed E-state index contributed by atoms with van der Waals surface area (Å²) in [5.41, 5.74) is -0.0322. The highest BCUT2D eigenvalue weighted by molar-refractivity contribution is 5.98. The highest BCUT2D eigenvalue weighted by atomic mass is 16.6. The molecule has 138 valence electrons. The lowest BCUT2D eigenvalue weighted by Gasteiger charge is -2.17. The van der Waals surface area contributed by atoms with Gasteiger partial charge >= 0.3 is 0 Å². The number of hydrogen-bond acceptors (Lipinski definition) is 6. The molecule has 0 radical (unpaired) electrons. The van der Waals surface area contributed by atoms with Gasteiger partial charge in [-0.15, -0.1) is 0 Å². The topological polar surface area (TPSA) is 132 Å². The Kier molecular flexibility index (Phi) is 5.99. The van der Waals surface area contributed by atoms with Crippen LogP contribution in [0.1, 0.15) is 37.6 Å². The van der Waals surface area contributed by atoms with Crippen molar-refractivity contribution in [3.05, 3.63) is 46.5 Å². The lowest BCUT2D eigenvalue weighted by atomic mass is 10.1. The summed E-state index contributed by atoms with van der Waals surface area (Å²) < 4.78 is 1.24. The van der Waals surface area contributed by atoms with Crippen molar-refractivity contribution in [1.82, 2.24) is 25.4 Å². The van der Waals surface area contributed by atoms with Crippen LogP contribution >= 0.6 is 0 Å².